The van der Waals surface area contributed by atoms with Gasteiger partial charge in [0, 0.05) is 32.7 Å². The Balaban J connectivity index is 1.84. The van der Waals surface area contributed by atoms with Crippen LogP contribution in [0, 0.1) is 0 Å². The molecule has 100 valence electrons. The van der Waals surface area contributed by atoms with Gasteiger partial charge in [0.1, 0.15) is 0 Å². The Labute approximate surface area is 111 Å². The number of aliphatic hydroxyl groups excluding tert-OH is 2. The summed E-state index contributed by atoms with van der Waals surface area (Å²) in [4.78, 5) is 4.26. The van der Waals surface area contributed by atoms with E-state index in [1.165, 1.54) is 0 Å². The van der Waals surface area contributed by atoms with Crippen molar-refractivity contribution in [2.24, 2.45) is 0 Å². The zero-order valence-corrected chi connectivity index (χ0v) is 10.8. The van der Waals surface area contributed by atoms with Crippen LogP contribution in [0.2, 0.25) is 5.15 Å². The standard InChI is InChI=1S/C11H17ClN4O2/c12-10-1-2-11(14-13-10)16-5-3-15(4-6-16)7-9(18)8-17/h1-2,9,17-18H,3-8H2. The second kappa shape index (κ2) is 6.29. The zero-order valence-electron chi connectivity index (χ0n) is 10.0. The van der Waals surface area contributed by atoms with Gasteiger partial charge in [0.05, 0.1) is 12.7 Å². The lowest BCUT2D eigenvalue weighted by Crippen LogP contribution is -2.49. The van der Waals surface area contributed by atoms with Crippen molar-refractivity contribution in [1.29, 1.82) is 0 Å². The van der Waals surface area contributed by atoms with Crippen molar-refractivity contribution < 1.29 is 10.2 Å². The van der Waals surface area contributed by atoms with Gasteiger partial charge in [-0.1, -0.05) is 11.6 Å². The molecular weight excluding hydrogens is 256 g/mol. The topological polar surface area (TPSA) is 72.7 Å². The normalized spacial score (nSPS) is 18.9. The van der Waals surface area contributed by atoms with Crippen LogP contribution in [0.15, 0.2) is 12.1 Å². The van der Waals surface area contributed by atoms with Crippen molar-refractivity contribution in [3.05, 3.63) is 17.3 Å². The minimum Gasteiger partial charge on any atom is -0.394 e. The summed E-state index contributed by atoms with van der Waals surface area (Å²) in [6, 6.07) is 3.58. The van der Waals surface area contributed by atoms with Crippen LogP contribution < -0.4 is 4.90 Å². The molecule has 1 atom stereocenters. The number of halogens is 1. The lowest BCUT2D eigenvalue weighted by Gasteiger charge is -2.35. The van der Waals surface area contributed by atoms with Gasteiger partial charge in [-0.2, -0.15) is 0 Å². The molecule has 0 amide bonds. The van der Waals surface area contributed by atoms with E-state index >= 15 is 0 Å². The molecule has 1 unspecified atom stereocenters. The maximum Gasteiger partial charge on any atom is 0.151 e. The number of β-amino-alcohol motifs (C(OH)–C–C–N with tert-alkyl or cyclic N) is 1. The number of anilines is 1. The number of piperazine rings is 1. The van der Waals surface area contributed by atoms with Crippen LogP contribution in [0.25, 0.3) is 0 Å². The number of aromatic nitrogens is 2. The molecule has 1 aromatic rings. The van der Waals surface area contributed by atoms with Crippen LogP contribution in [0.5, 0.6) is 0 Å². The van der Waals surface area contributed by atoms with E-state index in [0.717, 1.165) is 32.0 Å². The first-order valence-corrected chi connectivity index (χ1v) is 6.32. The molecule has 7 heteroatoms. The molecule has 1 aromatic heterocycles. The van der Waals surface area contributed by atoms with Crippen molar-refractivity contribution in [2.45, 2.75) is 6.10 Å². The Morgan fingerprint density at radius 1 is 1.22 bits per heavy atom. The van der Waals surface area contributed by atoms with Gasteiger partial charge in [-0.05, 0) is 12.1 Å². The van der Waals surface area contributed by atoms with Gasteiger partial charge in [0.2, 0.25) is 0 Å². The summed E-state index contributed by atoms with van der Waals surface area (Å²) in [5.74, 6) is 0.821. The Morgan fingerprint density at radius 2 is 1.94 bits per heavy atom. The summed E-state index contributed by atoms with van der Waals surface area (Å²) < 4.78 is 0. The molecule has 1 aliphatic heterocycles. The highest BCUT2D eigenvalue weighted by Gasteiger charge is 2.19. The molecular formula is C11H17ClN4O2. The number of hydrogen-bond donors (Lipinski definition) is 2. The first-order valence-electron chi connectivity index (χ1n) is 5.94. The third kappa shape index (κ3) is 3.52. The maximum atomic E-state index is 9.38. The largest absolute Gasteiger partial charge is 0.394 e. The van der Waals surface area contributed by atoms with Crippen molar-refractivity contribution >= 4 is 17.4 Å². The number of rotatable bonds is 4. The van der Waals surface area contributed by atoms with Crippen LogP contribution in [0.3, 0.4) is 0 Å². The number of hydrogen-bond acceptors (Lipinski definition) is 6. The molecule has 0 aromatic carbocycles. The van der Waals surface area contributed by atoms with Gasteiger partial charge in [0.25, 0.3) is 0 Å². The molecule has 0 radical (unpaired) electrons. The molecule has 0 spiro atoms. The predicted molar refractivity (Wildman–Crippen MR) is 68.8 cm³/mol. The average molecular weight is 273 g/mol. The molecule has 18 heavy (non-hydrogen) atoms. The Hall–Kier alpha value is -0.950. The van der Waals surface area contributed by atoms with Crippen LogP contribution in [-0.2, 0) is 0 Å². The summed E-state index contributed by atoms with van der Waals surface area (Å²) in [5.41, 5.74) is 0. The third-order valence-electron chi connectivity index (χ3n) is 2.99. The highest BCUT2D eigenvalue weighted by molar-refractivity contribution is 6.29. The molecule has 2 heterocycles. The number of nitrogens with zero attached hydrogens (tertiary/aromatic N) is 4. The first-order chi connectivity index (χ1) is 8.69. The van der Waals surface area contributed by atoms with Crippen molar-refractivity contribution in [1.82, 2.24) is 15.1 Å². The smallest absolute Gasteiger partial charge is 0.151 e. The summed E-state index contributed by atoms with van der Waals surface area (Å²) in [7, 11) is 0. The van der Waals surface area contributed by atoms with Crippen LogP contribution in [0.4, 0.5) is 5.82 Å². The van der Waals surface area contributed by atoms with E-state index in [9.17, 15) is 5.11 Å². The van der Waals surface area contributed by atoms with Gasteiger partial charge in [-0.3, -0.25) is 4.90 Å². The van der Waals surface area contributed by atoms with Crippen molar-refractivity contribution in [3.8, 4) is 0 Å². The van der Waals surface area contributed by atoms with E-state index < -0.39 is 6.10 Å². The van der Waals surface area contributed by atoms with Gasteiger partial charge in [0.15, 0.2) is 11.0 Å². The molecule has 6 nitrogen and oxygen atoms in total. The van der Waals surface area contributed by atoms with Crippen LogP contribution >= 0.6 is 11.6 Å². The lowest BCUT2D eigenvalue weighted by molar-refractivity contribution is 0.0574. The van der Waals surface area contributed by atoms with E-state index in [0.29, 0.717) is 11.7 Å². The van der Waals surface area contributed by atoms with E-state index in [1.807, 2.05) is 6.07 Å². The van der Waals surface area contributed by atoms with Gasteiger partial charge in [-0.25, -0.2) is 0 Å². The Morgan fingerprint density at radius 3 is 2.50 bits per heavy atom. The fourth-order valence-electron chi connectivity index (χ4n) is 1.99. The van der Waals surface area contributed by atoms with Crippen molar-refractivity contribution in [2.75, 3.05) is 44.2 Å². The second-order valence-electron chi connectivity index (χ2n) is 4.34. The van der Waals surface area contributed by atoms with Gasteiger partial charge in [-0.15, -0.1) is 10.2 Å². The maximum absolute atomic E-state index is 9.38. The highest BCUT2D eigenvalue weighted by atomic mass is 35.5. The van der Waals surface area contributed by atoms with E-state index in [-0.39, 0.29) is 6.61 Å². The van der Waals surface area contributed by atoms with Gasteiger partial charge >= 0.3 is 0 Å². The number of aliphatic hydroxyl groups is 2. The highest BCUT2D eigenvalue weighted by Crippen LogP contribution is 2.14. The van der Waals surface area contributed by atoms with Gasteiger partial charge < -0.3 is 15.1 Å². The fraction of sp³-hybridized carbons (Fsp3) is 0.636. The molecule has 1 fully saturated rings. The monoisotopic (exact) mass is 272 g/mol. The molecule has 2 N–H and O–H groups in total. The molecule has 0 aliphatic carbocycles. The average Bonchev–Trinajstić information content (AvgIpc) is 2.40. The fourth-order valence-corrected chi connectivity index (χ4v) is 2.09. The minimum atomic E-state index is -0.660. The van der Waals surface area contributed by atoms with E-state index in [4.69, 9.17) is 16.7 Å². The lowest BCUT2D eigenvalue weighted by atomic mass is 10.2. The first kappa shape index (κ1) is 13.5. The Bertz CT molecular complexity index is 368. The molecule has 0 bridgehead atoms. The molecule has 1 saturated heterocycles. The molecule has 2 rings (SSSR count). The molecule has 0 saturated carbocycles. The summed E-state index contributed by atoms with van der Waals surface area (Å²) in [6.07, 6.45) is -0.660. The van der Waals surface area contributed by atoms with Crippen LogP contribution in [-0.4, -0.2) is 70.7 Å². The Kier molecular flexibility index (Phi) is 4.71. The summed E-state index contributed by atoms with van der Waals surface area (Å²) in [5, 5.41) is 26.4. The molecule has 1 aliphatic rings. The van der Waals surface area contributed by atoms with E-state index in [1.54, 1.807) is 6.07 Å². The van der Waals surface area contributed by atoms with Crippen LogP contribution in [0.1, 0.15) is 0 Å². The minimum absolute atomic E-state index is 0.192. The second-order valence-corrected chi connectivity index (χ2v) is 4.73. The predicted octanol–water partition coefficient (Wildman–Crippen LogP) is -0.395. The summed E-state index contributed by atoms with van der Waals surface area (Å²) in [6.45, 7) is 3.64. The zero-order chi connectivity index (χ0) is 13.0. The summed E-state index contributed by atoms with van der Waals surface area (Å²) >= 11 is 5.70. The third-order valence-corrected chi connectivity index (χ3v) is 3.20. The van der Waals surface area contributed by atoms with E-state index in [2.05, 4.69) is 20.0 Å². The van der Waals surface area contributed by atoms with Crippen molar-refractivity contribution in [3.63, 3.8) is 0 Å². The SMILES string of the molecule is OCC(O)CN1CCN(c2ccc(Cl)nn2)CC1. The quantitative estimate of drug-likeness (QED) is 0.778.